The van der Waals surface area contributed by atoms with Gasteiger partial charge in [0.05, 0.1) is 11.7 Å². The average Bonchev–Trinajstić information content (AvgIpc) is 2.92. The van der Waals surface area contributed by atoms with E-state index < -0.39 is 0 Å². The number of hydrazone groups is 1. The number of rotatable bonds is 4. The second-order valence-corrected chi connectivity index (χ2v) is 4.96. The maximum atomic E-state index is 11.9. The first-order valence-electron chi connectivity index (χ1n) is 6.59. The highest BCUT2D eigenvalue weighted by Gasteiger charge is 2.07. The fourth-order valence-electron chi connectivity index (χ4n) is 1.96. The Hall–Kier alpha value is -2.73. The van der Waals surface area contributed by atoms with Crippen LogP contribution < -0.4 is 5.43 Å². The number of hydrogen-bond acceptors (Lipinski definition) is 4. The molecule has 22 heavy (non-hydrogen) atoms. The standard InChI is InChI=1S/C15H12ClN5O/c16-12-6-2-1-5-11(12)9-17-19-15(22)10-21-14-8-4-3-7-13(14)18-20-21/h1-9H,10H2,(H,19,22)/b17-9+. The van der Waals surface area contributed by atoms with E-state index in [9.17, 15) is 4.79 Å². The summed E-state index contributed by atoms with van der Waals surface area (Å²) in [5.41, 5.74) is 4.72. The van der Waals surface area contributed by atoms with E-state index in [0.717, 1.165) is 16.6 Å². The second-order valence-electron chi connectivity index (χ2n) is 4.55. The number of halogens is 1. The van der Waals surface area contributed by atoms with Crippen molar-refractivity contribution in [2.45, 2.75) is 6.54 Å². The van der Waals surface area contributed by atoms with Crippen molar-refractivity contribution in [3.8, 4) is 0 Å². The Kier molecular flexibility index (Phi) is 4.11. The first-order chi connectivity index (χ1) is 10.7. The summed E-state index contributed by atoms with van der Waals surface area (Å²) < 4.78 is 1.52. The Morgan fingerprint density at radius 2 is 2.00 bits per heavy atom. The monoisotopic (exact) mass is 313 g/mol. The number of fused-ring (bicyclic) bond motifs is 1. The lowest BCUT2D eigenvalue weighted by molar-refractivity contribution is -0.121. The fourth-order valence-corrected chi connectivity index (χ4v) is 2.14. The maximum absolute atomic E-state index is 11.9. The number of hydrogen-bond donors (Lipinski definition) is 1. The first-order valence-corrected chi connectivity index (χ1v) is 6.96. The maximum Gasteiger partial charge on any atom is 0.261 e. The molecule has 110 valence electrons. The zero-order valence-electron chi connectivity index (χ0n) is 11.5. The Balaban J connectivity index is 1.65. The van der Waals surface area contributed by atoms with Crippen LogP contribution in [-0.4, -0.2) is 27.1 Å². The van der Waals surface area contributed by atoms with Crippen molar-refractivity contribution in [2.24, 2.45) is 5.10 Å². The number of nitrogens with zero attached hydrogens (tertiary/aromatic N) is 4. The van der Waals surface area contributed by atoms with Crippen molar-refractivity contribution in [1.29, 1.82) is 0 Å². The highest BCUT2D eigenvalue weighted by atomic mass is 35.5. The minimum atomic E-state index is -0.293. The van der Waals surface area contributed by atoms with Gasteiger partial charge < -0.3 is 0 Å². The average molecular weight is 314 g/mol. The molecule has 0 radical (unpaired) electrons. The largest absolute Gasteiger partial charge is 0.271 e. The van der Waals surface area contributed by atoms with Gasteiger partial charge in [-0.3, -0.25) is 4.79 Å². The van der Waals surface area contributed by atoms with Crippen LogP contribution in [0, 0.1) is 0 Å². The lowest BCUT2D eigenvalue weighted by Crippen LogP contribution is -2.23. The van der Waals surface area contributed by atoms with Crippen LogP contribution in [0.25, 0.3) is 11.0 Å². The van der Waals surface area contributed by atoms with Crippen LogP contribution in [0.2, 0.25) is 5.02 Å². The Labute approximate surface area is 131 Å². The first kappa shape index (κ1) is 14.2. The number of amides is 1. The predicted octanol–water partition coefficient (Wildman–Crippen LogP) is 2.24. The number of para-hydroxylation sites is 1. The molecule has 3 rings (SSSR count). The summed E-state index contributed by atoms with van der Waals surface area (Å²) in [4.78, 5) is 11.9. The Morgan fingerprint density at radius 3 is 2.86 bits per heavy atom. The van der Waals surface area contributed by atoms with Gasteiger partial charge in [-0.05, 0) is 18.2 Å². The van der Waals surface area contributed by atoms with E-state index in [2.05, 4.69) is 20.8 Å². The van der Waals surface area contributed by atoms with Crippen LogP contribution >= 0.6 is 11.6 Å². The quantitative estimate of drug-likeness (QED) is 0.593. The van der Waals surface area contributed by atoms with E-state index in [1.165, 1.54) is 10.9 Å². The smallest absolute Gasteiger partial charge is 0.261 e. The summed E-state index contributed by atoms with van der Waals surface area (Å²) >= 11 is 5.99. The molecule has 6 nitrogen and oxygen atoms in total. The van der Waals surface area contributed by atoms with E-state index in [1.807, 2.05) is 42.5 Å². The van der Waals surface area contributed by atoms with Gasteiger partial charge in [-0.1, -0.05) is 47.1 Å². The van der Waals surface area contributed by atoms with Crippen molar-refractivity contribution in [3.63, 3.8) is 0 Å². The summed E-state index contributed by atoms with van der Waals surface area (Å²) in [6.45, 7) is 0.0420. The zero-order chi connectivity index (χ0) is 15.4. The van der Waals surface area contributed by atoms with Crippen molar-refractivity contribution >= 4 is 34.8 Å². The van der Waals surface area contributed by atoms with Gasteiger partial charge in [-0.15, -0.1) is 5.10 Å². The molecule has 0 fully saturated rings. The minimum absolute atomic E-state index is 0.0420. The molecule has 0 saturated heterocycles. The molecule has 0 aliphatic rings. The topological polar surface area (TPSA) is 72.2 Å². The summed E-state index contributed by atoms with van der Waals surface area (Å²) in [5.74, 6) is -0.293. The second kappa shape index (κ2) is 6.36. The molecular formula is C15H12ClN5O. The molecule has 1 heterocycles. The van der Waals surface area contributed by atoms with Crippen LogP contribution in [0.1, 0.15) is 5.56 Å². The van der Waals surface area contributed by atoms with Crippen molar-refractivity contribution < 1.29 is 4.79 Å². The van der Waals surface area contributed by atoms with Crippen LogP contribution in [0.3, 0.4) is 0 Å². The van der Waals surface area contributed by atoms with E-state index in [0.29, 0.717) is 5.02 Å². The van der Waals surface area contributed by atoms with E-state index >= 15 is 0 Å². The molecular weight excluding hydrogens is 302 g/mol. The molecule has 1 aromatic heterocycles. The minimum Gasteiger partial charge on any atom is -0.271 e. The lowest BCUT2D eigenvalue weighted by Gasteiger charge is -2.01. The third-order valence-corrected chi connectivity index (χ3v) is 3.36. The molecule has 0 saturated carbocycles. The van der Waals surface area contributed by atoms with Crippen molar-refractivity contribution in [2.75, 3.05) is 0 Å². The summed E-state index contributed by atoms with van der Waals surface area (Å²) in [7, 11) is 0. The number of nitrogens with one attached hydrogen (secondary N) is 1. The van der Waals surface area contributed by atoms with Gasteiger partial charge in [0, 0.05) is 10.6 Å². The van der Waals surface area contributed by atoms with Gasteiger partial charge in [-0.25, -0.2) is 10.1 Å². The van der Waals surface area contributed by atoms with E-state index in [1.54, 1.807) is 6.07 Å². The predicted molar refractivity (Wildman–Crippen MR) is 84.7 cm³/mol. The third kappa shape index (κ3) is 3.12. The molecule has 0 aliphatic carbocycles. The van der Waals surface area contributed by atoms with Gasteiger partial charge in [0.2, 0.25) is 0 Å². The molecule has 7 heteroatoms. The van der Waals surface area contributed by atoms with Crippen LogP contribution in [0.5, 0.6) is 0 Å². The Bertz CT molecular complexity index is 843. The molecule has 0 spiro atoms. The molecule has 3 aromatic rings. The van der Waals surface area contributed by atoms with Gasteiger partial charge >= 0.3 is 0 Å². The van der Waals surface area contributed by atoms with Crippen LogP contribution in [-0.2, 0) is 11.3 Å². The highest BCUT2D eigenvalue weighted by Crippen LogP contribution is 2.12. The lowest BCUT2D eigenvalue weighted by atomic mass is 10.2. The zero-order valence-corrected chi connectivity index (χ0v) is 12.2. The van der Waals surface area contributed by atoms with E-state index in [4.69, 9.17) is 11.6 Å². The molecule has 0 aliphatic heterocycles. The SMILES string of the molecule is O=C(Cn1nnc2ccccc21)N/N=C/c1ccccc1Cl. The van der Waals surface area contributed by atoms with Crippen LogP contribution in [0.15, 0.2) is 53.6 Å². The van der Waals surface area contributed by atoms with Crippen molar-refractivity contribution in [3.05, 3.63) is 59.1 Å². The number of benzene rings is 2. The van der Waals surface area contributed by atoms with Crippen molar-refractivity contribution in [1.82, 2.24) is 20.4 Å². The Morgan fingerprint density at radius 1 is 1.23 bits per heavy atom. The molecule has 2 aromatic carbocycles. The van der Waals surface area contributed by atoms with E-state index in [-0.39, 0.29) is 12.5 Å². The molecule has 1 amide bonds. The normalized spacial score (nSPS) is 11.1. The van der Waals surface area contributed by atoms with Gasteiger partial charge in [0.15, 0.2) is 0 Å². The summed E-state index contributed by atoms with van der Waals surface area (Å²) in [5, 5.41) is 12.4. The summed E-state index contributed by atoms with van der Waals surface area (Å²) in [6, 6.07) is 14.7. The molecule has 0 unspecified atom stereocenters. The molecule has 0 atom stereocenters. The molecule has 1 N–H and O–H groups in total. The number of carbonyl (C=O) groups excluding carboxylic acids is 1. The number of carbonyl (C=O) groups is 1. The number of aromatic nitrogens is 3. The fraction of sp³-hybridized carbons (Fsp3) is 0.0667. The third-order valence-electron chi connectivity index (χ3n) is 3.01. The molecule has 0 bridgehead atoms. The van der Waals surface area contributed by atoms with Crippen LogP contribution in [0.4, 0.5) is 0 Å². The van der Waals surface area contributed by atoms with Gasteiger partial charge in [0.25, 0.3) is 5.91 Å². The van der Waals surface area contributed by atoms with Gasteiger partial charge in [-0.2, -0.15) is 5.10 Å². The summed E-state index contributed by atoms with van der Waals surface area (Å²) in [6.07, 6.45) is 1.50. The van der Waals surface area contributed by atoms with Gasteiger partial charge in [0.1, 0.15) is 12.1 Å². The highest BCUT2D eigenvalue weighted by molar-refractivity contribution is 6.33.